The van der Waals surface area contributed by atoms with Crippen molar-refractivity contribution in [3.05, 3.63) is 9.78 Å². The molecule has 0 fully saturated rings. The molecule has 0 amide bonds. The fourth-order valence-corrected chi connectivity index (χ4v) is 0. The van der Waals surface area contributed by atoms with E-state index in [9.17, 15) is 0 Å². The number of hydrogen-bond acceptors (Lipinski definition) is 0. The fraction of sp³-hybridized carbons (Fsp3) is 0.500. The van der Waals surface area contributed by atoms with Gasteiger partial charge < -0.3 is 0 Å². The van der Waals surface area contributed by atoms with E-state index in [-0.39, 0.29) is 0 Å². The predicted octanol–water partition coefficient (Wildman–Crippen LogP) is 1.08. The second-order valence-electron chi connectivity index (χ2n) is 1.28. The molecule has 0 aliphatic rings. The van der Waals surface area contributed by atoms with Crippen LogP contribution in [-0.2, 0) is 0 Å². The van der Waals surface area contributed by atoms with Crippen LogP contribution in [0, 0.1) is 0 Å². The summed E-state index contributed by atoms with van der Waals surface area (Å²) in [5.41, 5.74) is 1.39. The molecule has 24 valence electrons. The summed E-state index contributed by atoms with van der Waals surface area (Å²) in [7, 11) is 0. The fourth-order valence-electron chi connectivity index (χ4n) is 0. The molecule has 1 heteroatoms. The van der Waals surface area contributed by atoms with Crippen LogP contribution in [0.15, 0.2) is 9.78 Å². The zero-order valence-electron chi connectivity index (χ0n) is 3.78. The Morgan fingerprint density at radius 2 is 1.80 bits per heavy atom. The minimum atomic E-state index is 1.39. The molecule has 0 spiro atoms. The Hall–Kier alpha value is 0.506. The van der Waals surface area contributed by atoms with Crippen molar-refractivity contribution in [2.24, 2.45) is 0 Å². The van der Waals surface area contributed by atoms with Gasteiger partial charge in [0.1, 0.15) is 0 Å². The summed E-state index contributed by atoms with van der Waals surface area (Å²) in [5, 5.41) is 0. The van der Waals surface area contributed by atoms with Gasteiger partial charge in [0.15, 0.2) is 0 Å². The molecule has 0 aliphatic carbocycles. The Bertz CT molecular complexity index is 41.6. The van der Waals surface area contributed by atoms with E-state index in [1.165, 1.54) is 5.57 Å². The van der Waals surface area contributed by atoms with Crippen LogP contribution in [-0.4, -0.2) is 21.7 Å². The van der Waals surface area contributed by atoms with Gasteiger partial charge in [-0.05, 0) is 0 Å². The molecule has 0 aromatic carbocycles. The second kappa shape index (κ2) is 2.73. The Balaban J connectivity index is 3.14. The van der Waals surface area contributed by atoms with Crippen molar-refractivity contribution in [3.8, 4) is 0 Å². The van der Waals surface area contributed by atoms with Crippen molar-refractivity contribution in [1.29, 1.82) is 0 Å². The minimum absolute atomic E-state index is 1.39. The normalized spacial score (nSPS) is 7.20. The van der Waals surface area contributed by atoms with E-state index in [2.05, 4.69) is 18.1 Å². The molecule has 0 rings (SSSR count). The average molecular weight is 79.4 g/mol. The monoisotopic (exact) mass is 79.0 g/mol. The molecule has 0 heterocycles. The Labute approximate surface area is 45.7 Å². The van der Waals surface area contributed by atoms with Crippen LogP contribution >= 0.6 is 0 Å². The Morgan fingerprint density at radius 1 is 1.60 bits per heavy atom. The number of allylic oxidation sites excluding steroid dienone is 1. The first kappa shape index (κ1) is 5.51. The van der Waals surface area contributed by atoms with Crippen molar-refractivity contribution < 1.29 is 0 Å². The molecular weight excluding hydrogens is 72.3 g/mol. The summed E-state index contributed by atoms with van der Waals surface area (Å²) in [4.78, 5) is 0. The van der Waals surface area contributed by atoms with Crippen molar-refractivity contribution in [2.45, 2.75) is 13.8 Å². The van der Waals surface area contributed by atoms with Crippen LogP contribution < -0.4 is 0 Å². The van der Waals surface area contributed by atoms with Crippen molar-refractivity contribution in [2.75, 3.05) is 0 Å². The van der Waals surface area contributed by atoms with Gasteiger partial charge in [0, 0.05) is 0 Å². The van der Waals surface area contributed by atoms with Gasteiger partial charge in [-0.25, -0.2) is 0 Å². The summed E-state index contributed by atoms with van der Waals surface area (Å²) in [5.74, 6) is 0. The zero-order valence-corrected chi connectivity index (χ0v) is 5.20. The zero-order chi connectivity index (χ0) is 4.28. The number of hydrogen-bond donors (Lipinski definition) is 0. The quantitative estimate of drug-likeness (QED) is 0.381. The molecule has 0 N–H and O–H groups in total. The topological polar surface area (TPSA) is 0 Å². The van der Waals surface area contributed by atoms with Crippen LogP contribution in [0.1, 0.15) is 13.8 Å². The van der Waals surface area contributed by atoms with Gasteiger partial charge >= 0.3 is 45.3 Å². The summed E-state index contributed by atoms with van der Waals surface area (Å²) >= 11 is 1.87. The van der Waals surface area contributed by atoms with Gasteiger partial charge in [0.05, 0.1) is 0 Å². The molecule has 0 bridgehead atoms. The van der Waals surface area contributed by atoms with E-state index < -0.39 is 0 Å². The van der Waals surface area contributed by atoms with Crippen LogP contribution in [0.25, 0.3) is 0 Å². The molecule has 0 atom stereocenters. The molecule has 0 aromatic heterocycles. The first-order chi connectivity index (χ1) is 2.27. The van der Waals surface area contributed by atoms with E-state index >= 15 is 0 Å². The molecule has 0 aliphatic heterocycles. The van der Waals surface area contributed by atoms with Gasteiger partial charge in [0.2, 0.25) is 0 Å². The van der Waals surface area contributed by atoms with Gasteiger partial charge in [-0.2, -0.15) is 0 Å². The standard InChI is InChI=1S/C4H7.Mg/c1-4(2)3;/h1H,2-3H3;/q;+1. The summed E-state index contributed by atoms with van der Waals surface area (Å²) in [6, 6.07) is 0. The third-order valence-corrected chi connectivity index (χ3v) is 1.22. The number of rotatable bonds is 0. The average Bonchev–Trinajstić information content (AvgIpc) is 1.38. The predicted molar refractivity (Wildman–Crippen MR) is 25.2 cm³/mol. The van der Waals surface area contributed by atoms with Crippen LogP contribution in [0.4, 0.5) is 0 Å². The summed E-state index contributed by atoms with van der Waals surface area (Å²) in [6.07, 6.45) is 0. The Morgan fingerprint density at radius 3 is 1.80 bits per heavy atom. The van der Waals surface area contributed by atoms with Gasteiger partial charge in [-0.3, -0.25) is 0 Å². The third kappa shape index (κ3) is 4.51. The molecule has 0 unspecified atom stereocenters. The molecule has 0 radical (unpaired) electrons. The molecule has 5 heavy (non-hydrogen) atoms. The maximum atomic E-state index is 2.11. The second-order valence-corrected chi connectivity index (χ2v) is 1.69. The molecule has 0 nitrogen and oxygen atoms in total. The SMILES string of the molecule is CC(C)=[CH][Mg+]. The maximum absolute atomic E-state index is 2.11. The third-order valence-electron chi connectivity index (χ3n) is 0.408. The van der Waals surface area contributed by atoms with E-state index in [1.54, 1.807) is 0 Å². The van der Waals surface area contributed by atoms with Crippen LogP contribution in [0.2, 0.25) is 0 Å². The van der Waals surface area contributed by atoms with Crippen molar-refractivity contribution in [1.82, 2.24) is 0 Å². The van der Waals surface area contributed by atoms with Gasteiger partial charge in [-0.1, -0.05) is 0 Å². The van der Waals surface area contributed by atoms with Gasteiger partial charge in [-0.15, -0.1) is 0 Å². The molecule has 0 saturated heterocycles. The summed E-state index contributed by atoms with van der Waals surface area (Å²) in [6.45, 7) is 4.18. The Kier molecular flexibility index (Phi) is 3.00. The van der Waals surface area contributed by atoms with E-state index in [0.717, 1.165) is 0 Å². The van der Waals surface area contributed by atoms with E-state index in [1.807, 2.05) is 21.7 Å². The first-order valence-corrected chi connectivity index (χ1v) is 2.51. The van der Waals surface area contributed by atoms with Crippen LogP contribution in [0.3, 0.4) is 0 Å². The molecule has 0 saturated carbocycles. The molecular formula is C4H7Mg+. The van der Waals surface area contributed by atoms with E-state index in [4.69, 9.17) is 0 Å². The van der Waals surface area contributed by atoms with Crippen molar-refractivity contribution >= 4 is 21.7 Å². The molecule has 0 aromatic rings. The van der Waals surface area contributed by atoms with Crippen molar-refractivity contribution in [3.63, 3.8) is 0 Å². The first-order valence-electron chi connectivity index (χ1n) is 1.70. The van der Waals surface area contributed by atoms with Crippen LogP contribution in [0.5, 0.6) is 0 Å². The van der Waals surface area contributed by atoms with Gasteiger partial charge in [0.25, 0.3) is 0 Å². The summed E-state index contributed by atoms with van der Waals surface area (Å²) < 4.78 is 2.11. The van der Waals surface area contributed by atoms with E-state index in [0.29, 0.717) is 0 Å².